The van der Waals surface area contributed by atoms with Gasteiger partial charge < -0.3 is 9.88 Å². The van der Waals surface area contributed by atoms with E-state index in [0.717, 1.165) is 21.4 Å². The van der Waals surface area contributed by atoms with Gasteiger partial charge in [-0.1, -0.05) is 13.0 Å². The topological polar surface area (TPSA) is 134 Å². The van der Waals surface area contributed by atoms with E-state index in [0.29, 0.717) is 5.56 Å². The third-order valence-corrected chi connectivity index (χ3v) is 5.93. The van der Waals surface area contributed by atoms with Crippen LogP contribution in [-0.2, 0) is 29.4 Å². The van der Waals surface area contributed by atoms with Crippen molar-refractivity contribution in [2.24, 2.45) is 7.05 Å². The Hall–Kier alpha value is -4.62. The number of pyridine rings is 2. The van der Waals surface area contributed by atoms with E-state index in [1.165, 1.54) is 37.0 Å². The summed E-state index contributed by atoms with van der Waals surface area (Å²) in [6, 6.07) is 5.67. The normalized spacial score (nSPS) is 12.5. The van der Waals surface area contributed by atoms with Gasteiger partial charge in [0.1, 0.15) is 17.6 Å². The first-order valence-electron chi connectivity index (χ1n) is 11.4. The van der Waals surface area contributed by atoms with Crippen LogP contribution in [0, 0.1) is 0 Å². The Kier molecular flexibility index (Phi) is 6.98. The smallest absolute Gasteiger partial charge is 0.312 e. The van der Waals surface area contributed by atoms with Crippen LogP contribution in [0.3, 0.4) is 0 Å². The molecule has 4 aromatic rings. The summed E-state index contributed by atoms with van der Waals surface area (Å²) in [6.45, 7) is 2.72. The predicted molar refractivity (Wildman–Crippen MR) is 130 cm³/mol. The van der Waals surface area contributed by atoms with Gasteiger partial charge in [0.05, 0.1) is 18.6 Å². The van der Waals surface area contributed by atoms with E-state index in [1.54, 1.807) is 19.1 Å². The van der Waals surface area contributed by atoms with Crippen molar-refractivity contribution in [1.82, 2.24) is 28.7 Å². The fourth-order valence-electron chi connectivity index (χ4n) is 3.75. The molecule has 1 amide bonds. The number of carbonyl (C=O) groups is 2. The molecule has 0 spiro atoms. The van der Waals surface area contributed by atoms with Crippen molar-refractivity contribution in [3.8, 4) is 11.3 Å². The van der Waals surface area contributed by atoms with Gasteiger partial charge in [-0.05, 0) is 31.2 Å². The van der Waals surface area contributed by atoms with Crippen molar-refractivity contribution >= 4 is 28.7 Å². The molecule has 0 aliphatic carbocycles. The second-order valence-corrected chi connectivity index (χ2v) is 8.45. The van der Waals surface area contributed by atoms with Crippen LogP contribution < -0.4 is 16.6 Å². The number of alkyl halides is 3. The molecule has 0 saturated heterocycles. The highest BCUT2D eigenvalue weighted by molar-refractivity contribution is 5.93. The number of amides is 1. The molecular formula is C24H22F3N7O4. The quantitative estimate of drug-likeness (QED) is 0.389. The first-order valence-corrected chi connectivity index (χ1v) is 11.4. The number of rotatable bonds is 7. The molecule has 0 radical (unpaired) electrons. The van der Waals surface area contributed by atoms with Crippen molar-refractivity contribution < 1.29 is 22.8 Å². The number of aromatic nitrogens is 6. The number of halogens is 3. The number of anilines is 1. The molecule has 11 nitrogen and oxygen atoms in total. The third kappa shape index (κ3) is 4.96. The van der Waals surface area contributed by atoms with Crippen LogP contribution in [0.1, 0.15) is 32.0 Å². The first-order chi connectivity index (χ1) is 17.9. The molecule has 0 fully saturated rings. The summed E-state index contributed by atoms with van der Waals surface area (Å²) in [5, 5.41) is 2.61. The number of carbonyl (C=O) groups excluding carboxylic acids is 2. The highest BCUT2D eigenvalue weighted by atomic mass is 19.4. The second-order valence-electron chi connectivity index (χ2n) is 8.45. The van der Waals surface area contributed by atoms with E-state index in [1.807, 2.05) is 0 Å². The summed E-state index contributed by atoms with van der Waals surface area (Å²) in [5.41, 5.74) is -1.88. The molecule has 4 rings (SSSR count). The molecule has 0 bridgehead atoms. The lowest BCUT2D eigenvalue weighted by molar-refractivity contribution is -0.141. The average Bonchev–Trinajstić information content (AvgIpc) is 3.34. The Balaban J connectivity index is 1.63. The standard InChI is InChI=1S/C24H22F3N7O4/c1-4-15(35)11-33-22(37)19-20(32(3)23(33)38)29-12-34(19)13(2)21(36)31-18-7-5-6-16(30-18)14-8-9-17(28-10-14)24(25,26)27/h5-10,12-13H,4,11H2,1-3H3,(H,30,31,36)/t13-/m0/s1. The Morgan fingerprint density at radius 1 is 1.11 bits per heavy atom. The summed E-state index contributed by atoms with van der Waals surface area (Å²) in [6.07, 6.45) is -2.15. The molecule has 38 heavy (non-hydrogen) atoms. The van der Waals surface area contributed by atoms with Gasteiger partial charge in [-0.15, -0.1) is 0 Å². The zero-order valence-corrected chi connectivity index (χ0v) is 20.5. The van der Waals surface area contributed by atoms with Crippen LogP contribution in [0.4, 0.5) is 19.0 Å². The second kappa shape index (κ2) is 10.0. The summed E-state index contributed by atoms with van der Waals surface area (Å²) in [5.74, 6) is -0.777. The zero-order chi connectivity index (χ0) is 27.8. The number of nitrogens with one attached hydrogen (secondary N) is 1. The summed E-state index contributed by atoms with van der Waals surface area (Å²) >= 11 is 0. The molecule has 14 heteroatoms. The van der Waals surface area contributed by atoms with Crippen LogP contribution >= 0.6 is 0 Å². The van der Waals surface area contributed by atoms with Gasteiger partial charge >= 0.3 is 11.9 Å². The van der Waals surface area contributed by atoms with Gasteiger partial charge in [-0.2, -0.15) is 13.2 Å². The van der Waals surface area contributed by atoms with Gasteiger partial charge in [0.25, 0.3) is 5.56 Å². The van der Waals surface area contributed by atoms with E-state index < -0.39 is 41.6 Å². The van der Waals surface area contributed by atoms with Crippen LogP contribution in [0.25, 0.3) is 22.4 Å². The number of hydrogen-bond donors (Lipinski definition) is 1. The minimum Gasteiger partial charge on any atom is -0.312 e. The van der Waals surface area contributed by atoms with Crippen LogP contribution in [0.15, 0.2) is 52.4 Å². The third-order valence-electron chi connectivity index (χ3n) is 5.93. The Labute approximate surface area is 212 Å². The van der Waals surface area contributed by atoms with E-state index in [-0.39, 0.29) is 34.9 Å². The van der Waals surface area contributed by atoms with E-state index in [4.69, 9.17) is 0 Å². The van der Waals surface area contributed by atoms with Crippen molar-refractivity contribution in [1.29, 1.82) is 0 Å². The number of ketones is 1. The Morgan fingerprint density at radius 2 is 1.84 bits per heavy atom. The van der Waals surface area contributed by atoms with Gasteiger partial charge in [0, 0.05) is 25.2 Å². The van der Waals surface area contributed by atoms with Crippen LogP contribution in [0.2, 0.25) is 0 Å². The maximum Gasteiger partial charge on any atom is 0.433 e. The minimum absolute atomic E-state index is 0.0313. The number of fused-ring (bicyclic) bond motifs is 1. The molecule has 0 aromatic carbocycles. The Bertz CT molecular complexity index is 1650. The molecule has 4 heterocycles. The monoisotopic (exact) mass is 529 g/mol. The number of nitrogens with zero attached hydrogens (tertiary/aromatic N) is 6. The van der Waals surface area contributed by atoms with Gasteiger partial charge in [-0.3, -0.25) is 28.5 Å². The maximum absolute atomic E-state index is 13.1. The minimum atomic E-state index is -4.57. The summed E-state index contributed by atoms with van der Waals surface area (Å²) in [4.78, 5) is 62.5. The van der Waals surface area contributed by atoms with Crippen molar-refractivity contribution in [3.63, 3.8) is 0 Å². The first kappa shape index (κ1) is 26.4. The fraction of sp³-hybridized carbons (Fsp3) is 0.292. The maximum atomic E-state index is 13.1. The largest absolute Gasteiger partial charge is 0.433 e. The molecule has 0 aliphatic rings. The van der Waals surface area contributed by atoms with Gasteiger partial charge in [0.2, 0.25) is 5.91 Å². The molecular weight excluding hydrogens is 507 g/mol. The SMILES string of the molecule is CCC(=O)Cn1c(=O)c2c(ncn2[C@@H](C)C(=O)Nc2cccc(-c3ccc(C(F)(F)F)nc3)n2)n(C)c1=O. The van der Waals surface area contributed by atoms with Crippen molar-refractivity contribution in [2.75, 3.05) is 5.32 Å². The highest BCUT2D eigenvalue weighted by Crippen LogP contribution is 2.29. The molecule has 1 N–H and O–H groups in total. The number of imidazole rings is 1. The van der Waals surface area contributed by atoms with Gasteiger partial charge in [-0.25, -0.2) is 14.8 Å². The average molecular weight is 529 g/mol. The van der Waals surface area contributed by atoms with E-state index >= 15 is 0 Å². The highest BCUT2D eigenvalue weighted by Gasteiger charge is 2.32. The summed E-state index contributed by atoms with van der Waals surface area (Å²) < 4.78 is 41.6. The fourth-order valence-corrected chi connectivity index (χ4v) is 3.75. The van der Waals surface area contributed by atoms with E-state index in [9.17, 15) is 32.3 Å². The van der Waals surface area contributed by atoms with Crippen molar-refractivity contribution in [3.05, 3.63) is 69.4 Å². The predicted octanol–water partition coefficient (Wildman–Crippen LogP) is 2.55. The number of hydrogen-bond acceptors (Lipinski definition) is 7. The Morgan fingerprint density at radius 3 is 2.47 bits per heavy atom. The van der Waals surface area contributed by atoms with Crippen LogP contribution in [0.5, 0.6) is 0 Å². The lowest BCUT2D eigenvalue weighted by Crippen LogP contribution is -2.41. The molecule has 4 aromatic heterocycles. The number of Topliss-reactive ketones (excluding diaryl/α,β-unsaturated/α-hetero) is 1. The molecule has 0 unspecified atom stereocenters. The summed E-state index contributed by atoms with van der Waals surface area (Å²) in [7, 11) is 1.41. The zero-order valence-electron chi connectivity index (χ0n) is 20.5. The number of aryl methyl sites for hydroxylation is 1. The molecule has 0 aliphatic heterocycles. The molecule has 198 valence electrons. The molecule has 1 atom stereocenters. The van der Waals surface area contributed by atoms with Crippen LogP contribution in [-0.4, -0.2) is 40.3 Å². The lowest BCUT2D eigenvalue weighted by Gasteiger charge is -2.15. The van der Waals surface area contributed by atoms with Crippen molar-refractivity contribution in [2.45, 2.75) is 39.0 Å². The lowest BCUT2D eigenvalue weighted by atomic mass is 10.1. The van der Waals surface area contributed by atoms with Gasteiger partial charge in [0.15, 0.2) is 16.9 Å². The molecule has 0 saturated carbocycles. The van der Waals surface area contributed by atoms with E-state index in [2.05, 4.69) is 20.3 Å².